The third-order valence-corrected chi connectivity index (χ3v) is 11.7. The summed E-state index contributed by atoms with van der Waals surface area (Å²) in [6.45, 7) is 0. The van der Waals surface area contributed by atoms with Crippen LogP contribution < -0.4 is 4.90 Å². The van der Waals surface area contributed by atoms with E-state index in [-0.39, 0.29) is 0 Å². The first-order chi connectivity index (χ1) is 26.3. The van der Waals surface area contributed by atoms with E-state index in [1.165, 1.54) is 52.8 Å². The maximum Gasteiger partial charge on any atom is 0.145 e. The molecule has 2 nitrogen and oxygen atoms in total. The van der Waals surface area contributed by atoms with Crippen molar-refractivity contribution in [2.24, 2.45) is 0 Å². The van der Waals surface area contributed by atoms with Gasteiger partial charge in [0, 0.05) is 36.8 Å². The van der Waals surface area contributed by atoms with E-state index in [0.29, 0.717) is 0 Å². The zero-order valence-corrected chi connectivity index (χ0v) is 29.5. The fraction of sp³-hybridized carbons (Fsp3) is 0. The van der Waals surface area contributed by atoms with Crippen molar-refractivity contribution in [2.75, 3.05) is 4.90 Å². The summed E-state index contributed by atoms with van der Waals surface area (Å²) in [7, 11) is 0. The van der Waals surface area contributed by atoms with E-state index < -0.39 is 0 Å². The minimum Gasteiger partial charge on any atom is -0.455 e. The van der Waals surface area contributed by atoms with Gasteiger partial charge in [0.2, 0.25) is 0 Å². The lowest BCUT2D eigenvalue weighted by atomic mass is 9.97. The number of benzene rings is 9. The predicted octanol–water partition coefficient (Wildman–Crippen LogP) is 15.1. The van der Waals surface area contributed by atoms with Gasteiger partial charge in [0.05, 0.1) is 16.8 Å². The summed E-state index contributed by atoms with van der Waals surface area (Å²) in [6.07, 6.45) is 0. The highest BCUT2D eigenvalue weighted by Crippen LogP contribution is 2.51. The standard InChI is InChI=1S/C50H31NOS/c1-3-13-32(14-4-1)36-29-44(48-41-20-10-12-22-46(41)53-47(48)30-36)51(37-26-25-35-24-23-34-17-7-8-18-38(34)42(35)31-37)43-28-27-39(33-15-5-2-6-16-33)50-49(43)40-19-9-11-21-45(40)52-50/h1-31H. The molecule has 0 unspecified atom stereocenters. The van der Waals surface area contributed by atoms with E-state index in [1.54, 1.807) is 0 Å². The highest BCUT2D eigenvalue weighted by Gasteiger charge is 2.25. The minimum absolute atomic E-state index is 0.876. The van der Waals surface area contributed by atoms with Crippen LogP contribution in [0.4, 0.5) is 17.1 Å². The Bertz CT molecular complexity index is 3180. The molecule has 9 aromatic carbocycles. The van der Waals surface area contributed by atoms with Crippen molar-refractivity contribution in [3.63, 3.8) is 0 Å². The second-order valence-corrected chi connectivity index (χ2v) is 14.7. The molecule has 0 bridgehead atoms. The van der Waals surface area contributed by atoms with Crippen LogP contribution in [0.5, 0.6) is 0 Å². The molecule has 53 heavy (non-hydrogen) atoms. The van der Waals surface area contributed by atoms with Crippen molar-refractivity contribution in [1.82, 2.24) is 0 Å². The smallest absolute Gasteiger partial charge is 0.145 e. The maximum atomic E-state index is 6.84. The van der Waals surface area contributed by atoms with Gasteiger partial charge in [-0.1, -0.05) is 140 Å². The Hall–Kier alpha value is -6.68. The molecular weight excluding hydrogens is 663 g/mol. The number of fused-ring (bicyclic) bond motifs is 9. The molecular formula is C50H31NOS. The first-order valence-electron chi connectivity index (χ1n) is 18.0. The topological polar surface area (TPSA) is 16.4 Å². The lowest BCUT2D eigenvalue weighted by Crippen LogP contribution is -2.11. The van der Waals surface area contributed by atoms with Gasteiger partial charge in [-0.25, -0.2) is 0 Å². The van der Waals surface area contributed by atoms with Crippen molar-refractivity contribution in [2.45, 2.75) is 0 Å². The number of thiophene rings is 1. The van der Waals surface area contributed by atoms with Gasteiger partial charge in [0.1, 0.15) is 11.2 Å². The van der Waals surface area contributed by atoms with Gasteiger partial charge in [-0.05, 0) is 86.8 Å². The van der Waals surface area contributed by atoms with Crippen molar-refractivity contribution >= 4 is 92.1 Å². The van der Waals surface area contributed by atoms with Crippen LogP contribution in [0.1, 0.15) is 0 Å². The number of hydrogen-bond donors (Lipinski definition) is 0. The zero-order chi connectivity index (χ0) is 34.9. The Kier molecular flexibility index (Phi) is 6.76. The summed E-state index contributed by atoms with van der Waals surface area (Å²) in [5.41, 5.74) is 9.65. The van der Waals surface area contributed by atoms with Crippen molar-refractivity contribution in [3.8, 4) is 22.3 Å². The third kappa shape index (κ3) is 4.78. The number of anilines is 3. The highest BCUT2D eigenvalue weighted by atomic mass is 32.1. The number of hydrogen-bond acceptors (Lipinski definition) is 3. The molecule has 0 saturated carbocycles. The second-order valence-electron chi connectivity index (χ2n) is 13.7. The van der Waals surface area contributed by atoms with E-state index in [2.05, 4.69) is 193 Å². The summed E-state index contributed by atoms with van der Waals surface area (Å²) in [5, 5.41) is 9.62. The Balaban J connectivity index is 1.30. The minimum atomic E-state index is 0.876. The highest BCUT2D eigenvalue weighted by molar-refractivity contribution is 7.26. The van der Waals surface area contributed by atoms with Crippen LogP contribution >= 0.6 is 11.3 Å². The summed E-state index contributed by atoms with van der Waals surface area (Å²) in [4.78, 5) is 2.49. The lowest BCUT2D eigenvalue weighted by molar-refractivity contribution is 0.670. The molecule has 0 N–H and O–H groups in total. The second kappa shape index (κ2) is 11.9. The Morgan fingerprint density at radius 3 is 1.89 bits per heavy atom. The van der Waals surface area contributed by atoms with Gasteiger partial charge >= 0.3 is 0 Å². The Morgan fingerprint density at radius 1 is 0.396 bits per heavy atom. The average Bonchev–Trinajstić information content (AvgIpc) is 3.81. The molecule has 248 valence electrons. The quantitative estimate of drug-likeness (QED) is 0.167. The van der Waals surface area contributed by atoms with Crippen LogP contribution in [-0.2, 0) is 0 Å². The summed E-state index contributed by atoms with van der Waals surface area (Å²) < 4.78 is 9.37. The molecule has 0 aliphatic rings. The van der Waals surface area contributed by atoms with Gasteiger partial charge in [-0.2, -0.15) is 0 Å². The summed E-state index contributed by atoms with van der Waals surface area (Å²) in [6, 6.07) is 68.0. The summed E-state index contributed by atoms with van der Waals surface area (Å²) >= 11 is 1.86. The van der Waals surface area contributed by atoms with Crippen LogP contribution in [0.15, 0.2) is 192 Å². The first kappa shape index (κ1) is 30.0. The molecule has 2 heterocycles. The van der Waals surface area contributed by atoms with Gasteiger partial charge in [0.15, 0.2) is 0 Å². The van der Waals surface area contributed by atoms with Gasteiger partial charge in [-0.15, -0.1) is 11.3 Å². The van der Waals surface area contributed by atoms with Crippen LogP contribution in [-0.4, -0.2) is 0 Å². The third-order valence-electron chi connectivity index (χ3n) is 10.6. The number of furan rings is 1. The van der Waals surface area contributed by atoms with Gasteiger partial charge in [-0.3, -0.25) is 0 Å². The van der Waals surface area contributed by atoms with Crippen molar-refractivity contribution < 1.29 is 4.42 Å². The maximum absolute atomic E-state index is 6.84. The first-order valence-corrected chi connectivity index (χ1v) is 18.8. The van der Waals surface area contributed by atoms with Crippen LogP contribution in [0.3, 0.4) is 0 Å². The number of para-hydroxylation sites is 1. The molecule has 0 saturated heterocycles. The molecule has 3 heteroatoms. The van der Waals surface area contributed by atoms with Crippen LogP contribution in [0.25, 0.3) is 85.9 Å². The molecule has 11 aromatic rings. The number of nitrogens with zero attached hydrogens (tertiary/aromatic N) is 1. The van der Waals surface area contributed by atoms with Crippen molar-refractivity contribution in [3.05, 3.63) is 188 Å². The fourth-order valence-electron chi connectivity index (χ4n) is 8.19. The van der Waals surface area contributed by atoms with Crippen LogP contribution in [0, 0.1) is 0 Å². The molecule has 11 rings (SSSR count). The van der Waals surface area contributed by atoms with E-state index in [1.807, 2.05) is 11.3 Å². The fourth-order valence-corrected chi connectivity index (χ4v) is 9.35. The van der Waals surface area contributed by atoms with E-state index >= 15 is 0 Å². The predicted molar refractivity (Wildman–Crippen MR) is 227 cm³/mol. The Labute approximate surface area is 310 Å². The molecule has 0 fully saturated rings. The molecule has 0 radical (unpaired) electrons. The average molecular weight is 694 g/mol. The molecule has 0 spiro atoms. The van der Waals surface area contributed by atoms with Crippen LogP contribution in [0.2, 0.25) is 0 Å². The largest absolute Gasteiger partial charge is 0.455 e. The normalized spacial score (nSPS) is 11.8. The van der Waals surface area contributed by atoms with E-state index in [0.717, 1.165) is 50.1 Å². The molecule has 2 aromatic heterocycles. The van der Waals surface area contributed by atoms with E-state index in [9.17, 15) is 0 Å². The monoisotopic (exact) mass is 693 g/mol. The molecule has 0 amide bonds. The molecule has 0 atom stereocenters. The zero-order valence-electron chi connectivity index (χ0n) is 28.7. The summed E-state index contributed by atoms with van der Waals surface area (Å²) in [5.74, 6) is 0. The molecule has 0 aliphatic heterocycles. The SMILES string of the molecule is c1ccc(-c2cc(N(c3ccc4ccc5ccccc5c4c3)c3ccc(-c4ccccc4)c4oc5ccccc5c34)c3c(c2)sc2ccccc23)cc1. The van der Waals surface area contributed by atoms with Gasteiger partial charge < -0.3 is 9.32 Å². The van der Waals surface area contributed by atoms with Gasteiger partial charge in [0.25, 0.3) is 0 Å². The number of rotatable bonds is 5. The lowest BCUT2D eigenvalue weighted by Gasteiger charge is -2.28. The Morgan fingerprint density at radius 2 is 1.06 bits per heavy atom. The van der Waals surface area contributed by atoms with Crippen molar-refractivity contribution in [1.29, 1.82) is 0 Å². The van der Waals surface area contributed by atoms with E-state index in [4.69, 9.17) is 4.42 Å². The molecule has 0 aliphatic carbocycles.